The summed E-state index contributed by atoms with van der Waals surface area (Å²) in [6, 6.07) is 0. The Morgan fingerprint density at radius 2 is 1.52 bits per heavy atom. The molecule has 0 N–H and O–H groups in total. The molecule has 126 valence electrons. The van der Waals surface area contributed by atoms with Crippen LogP contribution in [0.1, 0.15) is 33.6 Å². The smallest absolute Gasteiger partial charge is 0.459 e. The maximum Gasteiger partial charge on any atom is 0.459 e. The second-order valence-electron chi connectivity index (χ2n) is 5.06. The lowest BCUT2D eigenvalue weighted by Gasteiger charge is -2.30. The van der Waals surface area contributed by atoms with Crippen molar-refractivity contribution in [3.63, 3.8) is 0 Å². The molecule has 0 aromatic carbocycles. The summed E-state index contributed by atoms with van der Waals surface area (Å²) in [7, 11) is 0. The molecule has 0 radical (unpaired) electrons. The number of ether oxygens (including phenoxy) is 1. The van der Waals surface area contributed by atoms with Gasteiger partial charge in [0.1, 0.15) is 0 Å². The van der Waals surface area contributed by atoms with Gasteiger partial charge in [-0.25, -0.2) is 0 Å². The standard InChI is InChI=1S/C12H17F7O2/c1-4-21-9(20)8(5-7(2)3)6-10(13,14)11(15,16)12(17,18)19/h7-8H,4-6H2,1-3H3. The number of esters is 1. The molecule has 0 amide bonds. The summed E-state index contributed by atoms with van der Waals surface area (Å²) in [4.78, 5) is 11.5. The Hall–Kier alpha value is -1.02. The van der Waals surface area contributed by atoms with Crippen molar-refractivity contribution in [2.45, 2.75) is 51.6 Å². The summed E-state index contributed by atoms with van der Waals surface area (Å²) >= 11 is 0. The van der Waals surface area contributed by atoms with Crippen LogP contribution >= 0.6 is 0 Å². The zero-order chi connectivity index (χ0) is 17.1. The monoisotopic (exact) mass is 326 g/mol. The Morgan fingerprint density at radius 3 is 1.86 bits per heavy atom. The number of carbonyl (C=O) groups is 1. The molecule has 0 bridgehead atoms. The van der Waals surface area contributed by atoms with E-state index in [0.717, 1.165) is 0 Å². The number of carbonyl (C=O) groups excluding carboxylic acids is 1. The highest BCUT2D eigenvalue weighted by Gasteiger charge is 2.73. The van der Waals surface area contributed by atoms with Crippen molar-refractivity contribution in [3.05, 3.63) is 0 Å². The van der Waals surface area contributed by atoms with Gasteiger partial charge in [0.15, 0.2) is 0 Å². The van der Waals surface area contributed by atoms with E-state index >= 15 is 0 Å². The van der Waals surface area contributed by atoms with E-state index in [9.17, 15) is 35.5 Å². The average molecular weight is 326 g/mol. The van der Waals surface area contributed by atoms with E-state index in [2.05, 4.69) is 4.74 Å². The number of hydrogen-bond acceptors (Lipinski definition) is 2. The molecule has 0 aliphatic carbocycles. The molecule has 0 saturated heterocycles. The van der Waals surface area contributed by atoms with Crippen LogP contribution in [0.3, 0.4) is 0 Å². The normalized spacial score (nSPS) is 15.2. The molecule has 0 aromatic rings. The zero-order valence-electron chi connectivity index (χ0n) is 11.7. The van der Waals surface area contributed by atoms with Crippen LogP contribution in [-0.4, -0.2) is 30.6 Å². The van der Waals surface area contributed by atoms with E-state index in [1.165, 1.54) is 20.8 Å². The Bertz CT molecular complexity index is 350. The molecule has 21 heavy (non-hydrogen) atoms. The van der Waals surface area contributed by atoms with Crippen molar-refractivity contribution in [3.8, 4) is 0 Å². The van der Waals surface area contributed by atoms with Gasteiger partial charge in [-0.05, 0) is 19.3 Å². The van der Waals surface area contributed by atoms with Gasteiger partial charge in [-0.1, -0.05) is 13.8 Å². The molecule has 0 fully saturated rings. The van der Waals surface area contributed by atoms with E-state index in [4.69, 9.17) is 0 Å². The molecule has 0 heterocycles. The van der Waals surface area contributed by atoms with Crippen molar-refractivity contribution in [2.75, 3.05) is 6.61 Å². The second-order valence-corrected chi connectivity index (χ2v) is 5.06. The third-order valence-corrected chi connectivity index (χ3v) is 2.69. The maximum absolute atomic E-state index is 13.3. The van der Waals surface area contributed by atoms with E-state index in [0.29, 0.717) is 0 Å². The molecular weight excluding hydrogens is 309 g/mol. The van der Waals surface area contributed by atoms with Gasteiger partial charge in [-0.15, -0.1) is 0 Å². The summed E-state index contributed by atoms with van der Waals surface area (Å²) in [5, 5.41) is 0. The first kappa shape index (κ1) is 20.0. The van der Waals surface area contributed by atoms with E-state index in [-0.39, 0.29) is 18.9 Å². The number of alkyl halides is 7. The lowest BCUT2D eigenvalue weighted by molar-refractivity contribution is -0.357. The molecule has 0 rings (SSSR count). The van der Waals surface area contributed by atoms with Gasteiger partial charge in [0.25, 0.3) is 0 Å². The summed E-state index contributed by atoms with van der Waals surface area (Å²) < 4.78 is 92.9. The van der Waals surface area contributed by atoms with Crippen molar-refractivity contribution < 1.29 is 40.3 Å². The van der Waals surface area contributed by atoms with Crippen LogP contribution in [-0.2, 0) is 9.53 Å². The van der Waals surface area contributed by atoms with Gasteiger partial charge < -0.3 is 4.74 Å². The molecule has 9 heteroatoms. The van der Waals surface area contributed by atoms with Crippen LogP contribution in [0.2, 0.25) is 0 Å². The number of halogens is 7. The van der Waals surface area contributed by atoms with Gasteiger partial charge in [-0.3, -0.25) is 4.79 Å². The highest BCUT2D eigenvalue weighted by molar-refractivity contribution is 5.72. The number of hydrogen-bond donors (Lipinski definition) is 0. The third-order valence-electron chi connectivity index (χ3n) is 2.69. The molecule has 0 aliphatic rings. The highest BCUT2D eigenvalue weighted by Crippen LogP contribution is 2.49. The molecule has 0 saturated carbocycles. The molecule has 1 atom stereocenters. The first-order chi connectivity index (χ1) is 9.26. The zero-order valence-corrected chi connectivity index (χ0v) is 11.7. The van der Waals surface area contributed by atoms with Crippen molar-refractivity contribution in [1.29, 1.82) is 0 Å². The fraction of sp³-hybridized carbons (Fsp3) is 0.917. The summed E-state index contributed by atoms with van der Waals surface area (Å²) in [5.41, 5.74) is 0. The van der Waals surface area contributed by atoms with Crippen LogP contribution < -0.4 is 0 Å². The topological polar surface area (TPSA) is 26.3 Å². The van der Waals surface area contributed by atoms with E-state index in [1.54, 1.807) is 0 Å². The maximum atomic E-state index is 13.3. The van der Waals surface area contributed by atoms with Gasteiger partial charge in [0.05, 0.1) is 12.5 Å². The van der Waals surface area contributed by atoms with Gasteiger partial charge >= 0.3 is 24.0 Å². The van der Waals surface area contributed by atoms with Crippen LogP contribution in [0.15, 0.2) is 0 Å². The quantitative estimate of drug-likeness (QED) is 0.511. The van der Waals surface area contributed by atoms with E-state index < -0.39 is 36.3 Å². The predicted octanol–water partition coefficient (Wildman–Crippen LogP) is 4.43. The third kappa shape index (κ3) is 5.03. The second kappa shape index (κ2) is 6.83. The Labute approximate surface area is 117 Å². The molecule has 2 nitrogen and oxygen atoms in total. The van der Waals surface area contributed by atoms with E-state index in [1.807, 2.05) is 0 Å². The predicted molar refractivity (Wildman–Crippen MR) is 60.1 cm³/mol. The Morgan fingerprint density at radius 1 is 1.05 bits per heavy atom. The van der Waals surface area contributed by atoms with Crippen molar-refractivity contribution in [1.82, 2.24) is 0 Å². The van der Waals surface area contributed by atoms with Crippen molar-refractivity contribution in [2.24, 2.45) is 11.8 Å². The first-order valence-corrected chi connectivity index (χ1v) is 6.25. The van der Waals surface area contributed by atoms with Gasteiger partial charge in [-0.2, -0.15) is 30.7 Å². The van der Waals surface area contributed by atoms with Crippen molar-refractivity contribution >= 4 is 5.97 Å². The first-order valence-electron chi connectivity index (χ1n) is 6.25. The lowest BCUT2D eigenvalue weighted by atomic mass is 9.89. The Kier molecular flexibility index (Phi) is 6.50. The molecular formula is C12H17F7O2. The summed E-state index contributed by atoms with van der Waals surface area (Å²) in [5.74, 6) is -14.9. The molecule has 0 spiro atoms. The number of rotatable bonds is 7. The average Bonchev–Trinajstić information content (AvgIpc) is 2.25. The summed E-state index contributed by atoms with van der Waals surface area (Å²) in [6.45, 7) is 4.22. The molecule has 1 unspecified atom stereocenters. The van der Waals surface area contributed by atoms with Crippen LogP contribution in [0.25, 0.3) is 0 Å². The largest absolute Gasteiger partial charge is 0.466 e. The minimum atomic E-state index is -6.40. The minimum absolute atomic E-state index is 0.186. The fourth-order valence-electron chi connectivity index (χ4n) is 1.74. The minimum Gasteiger partial charge on any atom is -0.466 e. The Balaban J connectivity index is 5.26. The highest BCUT2D eigenvalue weighted by atomic mass is 19.4. The van der Waals surface area contributed by atoms with Crippen LogP contribution in [0.5, 0.6) is 0 Å². The summed E-state index contributed by atoms with van der Waals surface area (Å²) in [6.07, 6.45) is -8.59. The molecule has 0 aromatic heterocycles. The van der Waals surface area contributed by atoms with Crippen LogP contribution in [0.4, 0.5) is 30.7 Å². The molecule has 0 aliphatic heterocycles. The fourth-order valence-corrected chi connectivity index (χ4v) is 1.74. The van der Waals surface area contributed by atoms with Crippen LogP contribution in [0, 0.1) is 11.8 Å². The SMILES string of the molecule is CCOC(=O)C(CC(C)C)CC(F)(F)C(F)(F)C(F)(F)F. The van der Waals surface area contributed by atoms with Gasteiger partial charge in [0.2, 0.25) is 0 Å². The van der Waals surface area contributed by atoms with Gasteiger partial charge in [0, 0.05) is 6.42 Å². The lowest BCUT2D eigenvalue weighted by Crippen LogP contribution is -2.53.